The van der Waals surface area contributed by atoms with E-state index in [9.17, 15) is 19.2 Å². The molecule has 2 aromatic heterocycles. The maximum absolute atomic E-state index is 12.4. The summed E-state index contributed by atoms with van der Waals surface area (Å²) in [5, 5.41) is 12.9. The van der Waals surface area contributed by atoms with Crippen LogP contribution in [0.15, 0.2) is 41.8 Å². The van der Waals surface area contributed by atoms with Gasteiger partial charge in [-0.15, -0.1) is 21.5 Å². The number of carbonyl (C=O) groups is 4. The number of anilines is 1. The molecule has 0 aliphatic carbocycles. The number of ketones is 1. The van der Waals surface area contributed by atoms with Crippen molar-refractivity contribution in [1.29, 1.82) is 0 Å². The van der Waals surface area contributed by atoms with Gasteiger partial charge < -0.3 is 5.32 Å². The molecule has 3 aromatic rings. The number of carbonyl (C=O) groups excluding carboxylic acids is 4. The highest BCUT2D eigenvalue weighted by Crippen LogP contribution is 2.26. The number of aromatic nitrogens is 2. The summed E-state index contributed by atoms with van der Waals surface area (Å²) < 4.78 is 0. The number of benzene rings is 1. The lowest BCUT2D eigenvalue weighted by Crippen LogP contribution is -2.29. The molecule has 0 unspecified atom stereocenters. The number of hydrogen-bond donors (Lipinski definition) is 1. The van der Waals surface area contributed by atoms with Crippen LogP contribution in [0.1, 0.15) is 48.2 Å². The number of nitrogens with one attached hydrogen (secondary N) is 1. The third-order valence-electron chi connectivity index (χ3n) is 4.26. The predicted octanol–water partition coefficient (Wildman–Crippen LogP) is 3.00. The summed E-state index contributed by atoms with van der Waals surface area (Å²) in [6, 6.07) is 10.1. The average molecular weight is 426 g/mol. The topological polar surface area (TPSA) is 109 Å². The first-order valence-electron chi connectivity index (χ1n) is 8.67. The Balaban J connectivity index is 1.33. The monoisotopic (exact) mass is 426 g/mol. The van der Waals surface area contributed by atoms with Crippen molar-refractivity contribution in [2.45, 2.75) is 19.4 Å². The second kappa shape index (κ2) is 8.02. The standard InChI is InChI=1S/C19H14N4O4S2/c24-13(14-6-3-9-28-14)7-8-15(25)20-19-22-21-16(29-19)10-23-17(26)11-4-1-2-5-12(11)18(23)27/h1-6,9H,7-8,10H2,(H,20,22,25). The van der Waals surface area contributed by atoms with Crippen molar-refractivity contribution in [2.24, 2.45) is 0 Å². The number of rotatable bonds is 7. The first-order chi connectivity index (χ1) is 14.0. The molecule has 1 N–H and O–H groups in total. The maximum Gasteiger partial charge on any atom is 0.261 e. The molecule has 146 valence electrons. The highest BCUT2D eigenvalue weighted by molar-refractivity contribution is 7.15. The van der Waals surface area contributed by atoms with Crippen LogP contribution in [0, 0.1) is 0 Å². The molecule has 0 radical (unpaired) electrons. The number of thiophene rings is 1. The smallest absolute Gasteiger partial charge is 0.261 e. The molecule has 1 aliphatic rings. The van der Waals surface area contributed by atoms with E-state index in [0.29, 0.717) is 21.0 Å². The Bertz CT molecular complexity index is 1070. The Morgan fingerprint density at radius 3 is 2.34 bits per heavy atom. The number of fused-ring (bicyclic) bond motifs is 1. The lowest BCUT2D eigenvalue weighted by atomic mass is 10.1. The molecule has 0 atom stereocenters. The molecule has 0 fully saturated rings. The lowest BCUT2D eigenvalue weighted by molar-refractivity contribution is -0.116. The number of nitrogens with zero attached hydrogens (tertiary/aromatic N) is 3. The summed E-state index contributed by atoms with van der Waals surface area (Å²) >= 11 is 2.42. The quantitative estimate of drug-likeness (QED) is 0.459. The molecular formula is C19H14N4O4S2. The highest BCUT2D eigenvalue weighted by Gasteiger charge is 2.35. The van der Waals surface area contributed by atoms with Crippen LogP contribution < -0.4 is 5.32 Å². The van der Waals surface area contributed by atoms with Crippen LogP contribution in [-0.2, 0) is 11.3 Å². The Morgan fingerprint density at radius 1 is 0.966 bits per heavy atom. The van der Waals surface area contributed by atoms with Gasteiger partial charge in [-0.1, -0.05) is 29.5 Å². The molecule has 0 saturated carbocycles. The van der Waals surface area contributed by atoms with Crippen molar-refractivity contribution in [3.8, 4) is 0 Å². The van der Waals surface area contributed by atoms with Crippen molar-refractivity contribution in [2.75, 3.05) is 5.32 Å². The molecule has 3 amide bonds. The molecule has 3 heterocycles. The van der Waals surface area contributed by atoms with Gasteiger partial charge in [0.05, 0.1) is 22.5 Å². The zero-order valence-electron chi connectivity index (χ0n) is 15.0. The summed E-state index contributed by atoms with van der Waals surface area (Å²) in [6.07, 6.45) is 0.136. The van der Waals surface area contributed by atoms with Gasteiger partial charge in [0.2, 0.25) is 11.0 Å². The van der Waals surface area contributed by atoms with E-state index in [0.717, 1.165) is 16.2 Å². The Labute approximate surface area is 173 Å². The van der Waals surface area contributed by atoms with Gasteiger partial charge in [0, 0.05) is 12.8 Å². The molecule has 29 heavy (non-hydrogen) atoms. The number of amides is 3. The normalized spacial score (nSPS) is 12.9. The van der Waals surface area contributed by atoms with Gasteiger partial charge in [-0.3, -0.25) is 24.1 Å². The number of imide groups is 1. The van der Waals surface area contributed by atoms with Crippen molar-refractivity contribution in [1.82, 2.24) is 15.1 Å². The summed E-state index contributed by atoms with van der Waals surface area (Å²) in [5.74, 6) is -1.19. The maximum atomic E-state index is 12.4. The molecule has 4 rings (SSSR count). The molecule has 1 aliphatic heterocycles. The number of hydrogen-bond acceptors (Lipinski definition) is 8. The van der Waals surface area contributed by atoms with Gasteiger partial charge >= 0.3 is 0 Å². The highest BCUT2D eigenvalue weighted by atomic mass is 32.1. The largest absolute Gasteiger partial charge is 0.301 e. The zero-order chi connectivity index (χ0) is 20.4. The average Bonchev–Trinajstić information content (AvgIpc) is 3.45. The van der Waals surface area contributed by atoms with Crippen molar-refractivity contribution in [3.05, 3.63) is 62.8 Å². The summed E-state index contributed by atoms with van der Waals surface area (Å²) in [4.78, 5) is 50.5. The van der Waals surface area contributed by atoms with Crippen LogP contribution >= 0.6 is 22.7 Å². The number of Topliss-reactive ketones (excluding diaryl/α,β-unsaturated/α-hetero) is 1. The minimum absolute atomic E-state index is 0.0171. The molecule has 10 heteroatoms. The Morgan fingerprint density at radius 2 is 1.69 bits per heavy atom. The van der Waals surface area contributed by atoms with Crippen molar-refractivity contribution in [3.63, 3.8) is 0 Å². The molecule has 1 aromatic carbocycles. The first kappa shape index (κ1) is 19.1. The van der Waals surface area contributed by atoms with E-state index in [2.05, 4.69) is 15.5 Å². The van der Waals surface area contributed by atoms with Crippen molar-refractivity contribution >= 4 is 51.3 Å². The van der Waals surface area contributed by atoms with E-state index in [1.54, 1.807) is 36.4 Å². The minimum Gasteiger partial charge on any atom is -0.301 e. The third-order valence-corrected chi connectivity index (χ3v) is 5.99. The van der Waals surface area contributed by atoms with E-state index >= 15 is 0 Å². The van der Waals surface area contributed by atoms with Crippen LogP contribution in [0.25, 0.3) is 0 Å². The van der Waals surface area contributed by atoms with Gasteiger partial charge in [0.15, 0.2) is 5.78 Å². The molecule has 0 saturated heterocycles. The van der Waals surface area contributed by atoms with E-state index in [-0.39, 0.29) is 48.0 Å². The van der Waals surface area contributed by atoms with Crippen molar-refractivity contribution < 1.29 is 19.2 Å². The second-order valence-corrected chi connectivity index (χ2v) is 8.20. The Hall–Kier alpha value is -3.24. The van der Waals surface area contributed by atoms with Crippen LogP contribution in [0.2, 0.25) is 0 Å². The first-order valence-corrected chi connectivity index (χ1v) is 10.4. The van der Waals surface area contributed by atoms with E-state index in [1.165, 1.54) is 11.3 Å². The van der Waals surface area contributed by atoms with Crippen LogP contribution in [0.4, 0.5) is 5.13 Å². The van der Waals surface area contributed by atoms with E-state index in [1.807, 2.05) is 5.38 Å². The third kappa shape index (κ3) is 3.98. The molecule has 0 spiro atoms. The van der Waals surface area contributed by atoms with Crippen LogP contribution in [0.3, 0.4) is 0 Å². The van der Waals surface area contributed by atoms with Gasteiger partial charge in [-0.05, 0) is 23.6 Å². The Kier molecular flexibility index (Phi) is 5.28. The fourth-order valence-corrected chi connectivity index (χ4v) is 4.29. The van der Waals surface area contributed by atoms with E-state index < -0.39 is 0 Å². The van der Waals surface area contributed by atoms with Gasteiger partial charge in [0.1, 0.15) is 5.01 Å². The minimum atomic E-state index is -0.376. The summed E-state index contributed by atoms with van der Waals surface area (Å²) in [5.41, 5.74) is 0.733. The van der Waals surface area contributed by atoms with Gasteiger partial charge in [-0.25, -0.2) is 0 Å². The SMILES string of the molecule is O=C(CCC(=O)c1cccs1)Nc1nnc(CN2C(=O)c3ccccc3C2=O)s1. The fourth-order valence-electron chi connectivity index (χ4n) is 2.86. The fraction of sp³-hybridized carbons (Fsp3) is 0.158. The van der Waals surface area contributed by atoms with Gasteiger partial charge in [0.25, 0.3) is 11.8 Å². The summed E-state index contributed by atoms with van der Waals surface area (Å²) in [7, 11) is 0. The molecule has 8 nitrogen and oxygen atoms in total. The van der Waals surface area contributed by atoms with Crippen LogP contribution in [-0.4, -0.2) is 38.6 Å². The lowest BCUT2D eigenvalue weighted by Gasteiger charge is -2.10. The molecular weight excluding hydrogens is 412 g/mol. The van der Waals surface area contributed by atoms with Crippen LogP contribution in [0.5, 0.6) is 0 Å². The van der Waals surface area contributed by atoms with E-state index in [4.69, 9.17) is 0 Å². The van der Waals surface area contributed by atoms with Gasteiger partial charge in [-0.2, -0.15) is 0 Å². The predicted molar refractivity (Wildman–Crippen MR) is 107 cm³/mol. The summed E-state index contributed by atoms with van der Waals surface area (Å²) in [6.45, 7) is -0.0171. The zero-order valence-corrected chi connectivity index (χ0v) is 16.6. The second-order valence-electron chi connectivity index (χ2n) is 6.19. The molecule has 0 bridgehead atoms.